The van der Waals surface area contributed by atoms with Gasteiger partial charge in [0.1, 0.15) is 11.2 Å². The second-order valence-corrected chi connectivity index (χ2v) is 15.5. The number of hydrogen-bond donors (Lipinski definition) is 0. The SMILES string of the molecule is O=c1c2ccccc2oc2cc3c(cc12)-c1cccc(-n2c4ccccc4c4ccccc42)c1-c1c(cccc1-n1c2ccccc2c2ccccc21)-c1ccccc1-3. The van der Waals surface area contributed by atoms with E-state index in [1.807, 2.05) is 24.3 Å². The Morgan fingerprint density at radius 1 is 0.305 bits per heavy atom. The minimum Gasteiger partial charge on any atom is -0.456 e. The van der Waals surface area contributed by atoms with Gasteiger partial charge in [-0.2, -0.15) is 0 Å². The fourth-order valence-corrected chi connectivity index (χ4v) is 10.0. The van der Waals surface area contributed by atoms with Crippen molar-refractivity contribution in [1.82, 2.24) is 9.13 Å². The van der Waals surface area contributed by atoms with Crippen molar-refractivity contribution < 1.29 is 4.42 Å². The molecule has 0 unspecified atom stereocenters. The van der Waals surface area contributed by atoms with Crippen LogP contribution in [0.15, 0.2) is 203 Å². The van der Waals surface area contributed by atoms with Crippen molar-refractivity contribution in [2.75, 3.05) is 0 Å². The molecule has 59 heavy (non-hydrogen) atoms. The molecule has 0 N–H and O–H groups in total. The maximum Gasteiger partial charge on any atom is 0.200 e. The van der Waals surface area contributed by atoms with Crippen molar-refractivity contribution in [1.29, 1.82) is 0 Å². The lowest BCUT2D eigenvalue weighted by atomic mass is 9.79. The average Bonchev–Trinajstić information content (AvgIpc) is 3.81. The Morgan fingerprint density at radius 3 is 1.22 bits per heavy atom. The van der Waals surface area contributed by atoms with Gasteiger partial charge in [0.25, 0.3) is 0 Å². The molecule has 0 spiro atoms. The molecule has 4 nitrogen and oxygen atoms in total. The first-order valence-corrected chi connectivity index (χ1v) is 20.1. The summed E-state index contributed by atoms with van der Waals surface area (Å²) >= 11 is 0. The minimum absolute atomic E-state index is 0.0357. The molecule has 0 saturated carbocycles. The Hall–Kier alpha value is -7.95. The lowest BCUT2D eigenvalue weighted by Crippen LogP contribution is -2.07. The molecule has 0 aliphatic heterocycles. The number of fused-ring (bicyclic) bond motifs is 16. The summed E-state index contributed by atoms with van der Waals surface area (Å²) in [5.41, 5.74) is 16.4. The van der Waals surface area contributed by atoms with Crippen LogP contribution in [-0.4, -0.2) is 9.13 Å². The summed E-state index contributed by atoms with van der Waals surface area (Å²) < 4.78 is 11.4. The highest BCUT2D eigenvalue weighted by atomic mass is 16.3. The first-order chi connectivity index (χ1) is 29.2. The zero-order valence-corrected chi connectivity index (χ0v) is 31.7. The molecule has 274 valence electrons. The number of nitrogens with zero attached hydrogens (tertiary/aromatic N) is 2. The molecule has 3 aromatic heterocycles. The van der Waals surface area contributed by atoms with E-state index in [1.54, 1.807) is 0 Å². The van der Waals surface area contributed by atoms with Gasteiger partial charge in [0.15, 0.2) is 0 Å². The minimum atomic E-state index is -0.0357. The van der Waals surface area contributed by atoms with Gasteiger partial charge >= 0.3 is 0 Å². The molecule has 0 bridgehead atoms. The van der Waals surface area contributed by atoms with Crippen LogP contribution in [0, 0.1) is 0 Å². The topological polar surface area (TPSA) is 40.1 Å². The third-order valence-electron chi connectivity index (χ3n) is 12.5. The van der Waals surface area contributed by atoms with E-state index in [4.69, 9.17) is 4.42 Å². The fourth-order valence-electron chi connectivity index (χ4n) is 10.0. The van der Waals surface area contributed by atoms with Gasteiger partial charge in [0.05, 0.1) is 44.2 Å². The first-order valence-electron chi connectivity index (χ1n) is 20.1. The third kappa shape index (κ3) is 4.40. The number of aromatic nitrogens is 2. The first kappa shape index (κ1) is 32.2. The van der Waals surface area contributed by atoms with Crippen LogP contribution >= 0.6 is 0 Å². The maximum atomic E-state index is 14.4. The largest absolute Gasteiger partial charge is 0.456 e. The molecule has 12 aromatic rings. The van der Waals surface area contributed by atoms with E-state index >= 15 is 0 Å². The van der Waals surface area contributed by atoms with Crippen LogP contribution in [0.2, 0.25) is 0 Å². The lowest BCUT2D eigenvalue weighted by molar-refractivity contribution is 0.660. The van der Waals surface area contributed by atoms with Crippen molar-refractivity contribution >= 4 is 65.6 Å². The Morgan fingerprint density at radius 2 is 0.695 bits per heavy atom. The van der Waals surface area contributed by atoms with E-state index in [0.717, 1.165) is 77.9 Å². The zero-order valence-electron chi connectivity index (χ0n) is 31.7. The normalized spacial score (nSPS) is 12.1. The Labute approximate surface area is 338 Å². The van der Waals surface area contributed by atoms with Crippen LogP contribution in [0.25, 0.3) is 121 Å². The third-order valence-corrected chi connectivity index (χ3v) is 12.5. The molecule has 4 heteroatoms. The zero-order chi connectivity index (χ0) is 38.8. The number of para-hydroxylation sites is 5. The molecule has 0 saturated heterocycles. The molecule has 9 aromatic carbocycles. The standard InChI is InChI=1S/C55H32N2O2/c58-55-41-21-7-12-30-51(41)59-52-32-43-34-16-2-1-15-33(34)39-22-13-28-49(56-45-24-8-3-17-35(45)36-18-4-9-25-46(36)56)53(39)54-40(42(43)31-44(52)55)23-14-29-50(54)57-47-26-10-5-19-37(47)38-20-6-11-27-48(38)57/h1-32H. The second-order valence-electron chi connectivity index (χ2n) is 15.5. The maximum absolute atomic E-state index is 14.4. The highest BCUT2D eigenvalue weighted by Crippen LogP contribution is 2.53. The second kappa shape index (κ2) is 12.0. The molecule has 0 amide bonds. The summed E-state index contributed by atoms with van der Waals surface area (Å²) in [7, 11) is 0. The van der Waals surface area contributed by atoms with Gasteiger partial charge in [-0.1, -0.05) is 133 Å². The Balaban J connectivity index is 1.27. The van der Waals surface area contributed by atoms with Crippen molar-refractivity contribution in [2.45, 2.75) is 0 Å². The molecule has 0 radical (unpaired) electrons. The molecule has 1 aliphatic rings. The molecule has 0 fully saturated rings. The van der Waals surface area contributed by atoms with Crippen LogP contribution in [0.4, 0.5) is 0 Å². The number of hydrogen-bond acceptors (Lipinski definition) is 2. The van der Waals surface area contributed by atoms with Crippen molar-refractivity contribution in [3.05, 3.63) is 204 Å². The van der Waals surface area contributed by atoms with Crippen LogP contribution < -0.4 is 5.43 Å². The van der Waals surface area contributed by atoms with E-state index in [2.05, 4.69) is 179 Å². The summed E-state index contributed by atoms with van der Waals surface area (Å²) in [5, 5.41) is 5.94. The van der Waals surface area contributed by atoms with Gasteiger partial charge in [-0.05, 0) is 94.0 Å². The van der Waals surface area contributed by atoms with Crippen LogP contribution in [0.1, 0.15) is 0 Å². The number of benzene rings is 9. The highest BCUT2D eigenvalue weighted by molar-refractivity contribution is 6.15. The van der Waals surface area contributed by atoms with E-state index < -0.39 is 0 Å². The van der Waals surface area contributed by atoms with E-state index in [9.17, 15) is 4.79 Å². The van der Waals surface area contributed by atoms with Crippen molar-refractivity contribution in [2.24, 2.45) is 0 Å². The number of rotatable bonds is 2. The predicted octanol–water partition coefficient (Wildman–Crippen LogP) is 14.1. The average molecular weight is 753 g/mol. The molecule has 3 heterocycles. The van der Waals surface area contributed by atoms with Crippen LogP contribution in [0.3, 0.4) is 0 Å². The Bertz CT molecular complexity index is 3720. The van der Waals surface area contributed by atoms with Crippen molar-refractivity contribution in [3.8, 4) is 55.9 Å². The Kier molecular flexibility index (Phi) is 6.56. The highest BCUT2D eigenvalue weighted by Gasteiger charge is 2.30. The van der Waals surface area contributed by atoms with Crippen LogP contribution in [0.5, 0.6) is 0 Å². The van der Waals surface area contributed by atoms with Crippen molar-refractivity contribution in [3.63, 3.8) is 0 Å². The van der Waals surface area contributed by atoms with E-state index in [1.165, 1.54) is 21.5 Å². The predicted molar refractivity (Wildman–Crippen MR) is 244 cm³/mol. The molecular formula is C55H32N2O2. The molecule has 1 aliphatic carbocycles. The molecular weight excluding hydrogens is 721 g/mol. The van der Waals surface area contributed by atoms with Gasteiger partial charge in [0, 0.05) is 32.7 Å². The summed E-state index contributed by atoms with van der Waals surface area (Å²) in [6.45, 7) is 0. The van der Waals surface area contributed by atoms with E-state index in [-0.39, 0.29) is 5.43 Å². The fraction of sp³-hybridized carbons (Fsp3) is 0. The van der Waals surface area contributed by atoms with Gasteiger partial charge in [0.2, 0.25) is 5.43 Å². The van der Waals surface area contributed by atoms with Gasteiger partial charge in [-0.25, -0.2) is 0 Å². The van der Waals surface area contributed by atoms with E-state index in [0.29, 0.717) is 21.9 Å². The summed E-state index contributed by atoms with van der Waals surface area (Å²) in [6, 6.07) is 68.7. The van der Waals surface area contributed by atoms with Gasteiger partial charge in [-0.3, -0.25) is 4.79 Å². The quantitative estimate of drug-likeness (QED) is 0.165. The van der Waals surface area contributed by atoms with Gasteiger partial charge in [-0.15, -0.1) is 0 Å². The lowest BCUT2D eigenvalue weighted by Gasteiger charge is -2.28. The smallest absolute Gasteiger partial charge is 0.200 e. The van der Waals surface area contributed by atoms with Gasteiger partial charge < -0.3 is 13.6 Å². The molecule has 0 atom stereocenters. The summed E-state index contributed by atoms with van der Waals surface area (Å²) in [4.78, 5) is 14.4. The van der Waals surface area contributed by atoms with Crippen LogP contribution in [-0.2, 0) is 0 Å². The molecule has 13 rings (SSSR count). The summed E-state index contributed by atoms with van der Waals surface area (Å²) in [6.07, 6.45) is 0. The summed E-state index contributed by atoms with van der Waals surface area (Å²) in [5.74, 6) is 0. The monoisotopic (exact) mass is 752 g/mol.